The SMILES string of the molecule is NC(=O)ON1Cc2ccccc2C1=O. The number of fused-ring (bicyclic) bond motifs is 1. The minimum atomic E-state index is -0.980. The van der Waals surface area contributed by atoms with Gasteiger partial charge in [0.2, 0.25) is 0 Å². The Bertz CT molecular complexity index is 403. The number of hydroxylamine groups is 2. The van der Waals surface area contributed by atoms with Crippen molar-refractivity contribution in [2.75, 3.05) is 0 Å². The molecule has 72 valence electrons. The average Bonchev–Trinajstić information content (AvgIpc) is 2.44. The summed E-state index contributed by atoms with van der Waals surface area (Å²) in [6, 6.07) is 7.06. The van der Waals surface area contributed by atoms with Gasteiger partial charge in [-0.2, -0.15) is 5.06 Å². The minimum absolute atomic E-state index is 0.262. The molecule has 2 amide bonds. The van der Waals surface area contributed by atoms with E-state index in [1.807, 2.05) is 6.07 Å². The first-order chi connectivity index (χ1) is 6.68. The molecule has 0 unspecified atom stereocenters. The smallest absolute Gasteiger partial charge is 0.333 e. The lowest BCUT2D eigenvalue weighted by atomic mass is 10.1. The van der Waals surface area contributed by atoms with Crippen LogP contribution in [0.25, 0.3) is 0 Å². The lowest BCUT2D eigenvalue weighted by Gasteiger charge is -2.11. The number of hydrogen-bond donors (Lipinski definition) is 1. The molecule has 0 aromatic heterocycles. The molecule has 2 rings (SSSR count). The molecule has 2 N–H and O–H groups in total. The molecule has 0 bridgehead atoms. The second-order valence-corrected chi connectivity index (χ2v) is 2.91. The van der Waals surface area contributed by atoms with Gasteiger partial charge < -0.3 is 10.6 Å². The summed E-state index contributed by atoms with van der Waals surface area (Å²) >= 11 is 0. The van der Waals surface area contributed by atoms with E-state index in [4.69, 9.17) is 5.73 Å². The highest BCUT2D eigenvalue weighted by Gasteiger charge is 2.29. The summed E-state index contributed by atoms with van der Waals surface area (Å²) in [6.07, 6.45) is -0.980. The molecule has 0 fully saturated rings. The minimum Gasteiger partial charge on any atom is -0.333 e. The fraction of sp³-hybridized carbons (Fsp3) is 0.111. The van der Waals surface area contributed by atoms with Gasteiger partial charge in [0.15, 0.2) is 0 Å². The quantitative estimate of drug-likeness (QED) is 0.710. The zero-order chi connectivity index (χ0) is 10.1. The highest BCUT2D eigenvalue weighted by atomic mass is 16.7. The number of nitrogens with zero attached hydrogens (tertiary/aromatic N) is 1. The number of benzene rings is 1. The van der Waals surface area contributed by atoms with E-state index >= 15 is 0 Å². The van der Waals surface area contributed by atoms with Crippen molar-refractivity contribution < 1.29 is 14.4 Å². The molecule has 5 nitrogen and oxygen atoms in total. The molecule has 0 spiro atoms. The topological polar surface area (TPSA) is 72.6 Å². The van der Waals surface area contributed by atoms with Gasteiger partial charge in [-0.25, -0.2) is 4.79 Å². The molecule has 0 saturated carbocycles. The van der Waals surface area contributed by atoms with E-state index in [1.165, 1.54) is 0 Å². The van der Waals surface area contributed by atoms with Gasteiger partial charge in [-0.05, 0) is 11.6 Å². The number of nitrogens with two attached hydrogens (primary N) is 1. The predicted octanol–water partition coefficient (Wildman–Crippen LogP) is 0.653. The Kier molecular flexibility index (Phi) is 1.85. The molecule has 14 heavy (non-hydrogen) atoms. The first-order valence-electron chi connectivity index (χ1n) is 4.05. The zero-order valence-corrected chi connectivity index (χ0v) is 7.27. The van der Waals surface area contributed by atoms with Crippen molar-refractivity contribution in [1.29, 1.82) is 0 Å². The summed E-state index contributed by atoms with van der Waals surface area (Å²) in [7, 11) is 0. The largest absolute Gasteiger partial charge is 0.429 e. The number of hydrogen-bond acceptors (Lipinski definition) is 3. The van der Waals surface area contributed by atoms with Gasteiger partial charge in [-0.15, -0.1) is 0 Å². The van der Waals surface area contributed by atoms with Crippen LogP contribution in [0.4, 0.5) is 4.79 Å². The summed E-state index contributed by atoms with van der Waals surface area (Å²) in [6.45, 7) is 0.262. The van der Waals surface area contributed by atoms with Gasteiger partial charge in [-0.3, -0.25) is 4.79 Å². The number of primary amides is 1. The highest BCUT2D eigenvalue weighted by Crippen LogP contribution is 2.21. The summed E-state index contributed by atoms with van der Waals surface area (Å²) in [5, 5.41) is 0.951. The first kappa shape index (κ1) is 8.55. The van der Waals surface area contributed by atoms with Gasteiger partial charge in [0.1, 0.15) is 0 Å². The number of amides is 2. The maximum atomic E-state index is 11.5. The first-order valence-corrected chi connectivity index (χ1v) is 4.05. The molecule has 0 saturated heterocycles. The summed E-state index contributed by atoms with van der Waals surface area (Å²) in [5.74, 6) is -0.334. The van der Waals surface area contributed by atoms with E-state index in [1.54, 1.807) is 18.2 Å². The van der Waals surface area contributed by atoms with E-state index < -0.39 is 6.09 Å². The Balaban J connectivity index is 2.26. The van der Waals surface area contributed by atoms with E-state index in [0.29, 0.717) is 5.56 Å². The van der Waals surface area contributed by atoms with Crippen LogP contribution in [-0.2, 0) is 11.4 Å². The maximum absolute atomic E-state index is 11.5. The normalized spacial score (nSPS) is 14.0. The van der Waals surface area contributed by atoms with Crippen molar-refractivity contribution in [3.8, 4) is 0 Å². The molecule has 0 aliphatic carbocycles. The van der Waals surface area contributed by atoms with Crippen molar-refractivity contribution >= 4 is 12.0 Å². The second kappa shape index (κ2) is 3.02. The fourth-order valence-electron chi connectivity index (χ4n) is 1.41. The van der Waals surface area contributed by atoms with Crippen molar-refractivity contribution in [3.63, 3.8) is 0 Å². The standard InChI is InChI=1S/C9H8N2O3/c10-9(13)14-11-5-6-3-1-2-4-7(6)8(11)12/h1-4H,5H2,(H2,10,13). The van der Waals surface area contributed by atoms with Crippen LogP contribution in [0.15, 0.2) is 24.3 Å². The van der Waals surface area contributed by atoms with E-state index in [2.05, 4.69) is 4.84 Å². The van der Waals surface area contributed by atoms with Crippen LogP contribution in [0.1, 0.15) is 15.9 Å². The molecule has 0 atom stereocenters. The van der Waals surface area contributed by atoms with Gasteiger partial charge in [0, 0.05) is 5.56 Å². The van der Waals surface area contributed by atoms with E-state index in [-0.39, 0.29) is 12.5 Å². The van der Waals surface area contributed by atoms with Crippen LogP contribution in [0.2, 0.25) is 0 Å². The van der Waals surface area contributed by atoms with E-state index in [0.717, 1.165) is 10.6 Å². The van der Waals surface area contributed by atoms with Gasteiger partial charge in [0.25, 0.3) is 5.91 Å². The van der Waals surface area contributed by atoms with Crippen LogP contribution in [0, 0.1) is 0 Å². The Morgan fingerprint density at radius 2 is 2.14 bits per heavy atom. The maximum Gasteiger partial charge on any atom is 0.429 e. The Morgan fingerprint density at radius 3 is 2.79 bits per heavy atom. The molecule has 1 aliphatic rings. The summed E-state index contributed by atoms with van der Waals surface area (Å²) < 4.78 is 0. The van der Waals surface area contributed by atoms with Crippen LogP contribution in [0.5, 0.6) is 0 Å². The fourth-order valence-corrected chi connectivity index (χ4v) is 1.41. The van der Waals surface area contributed by atoms with E-state index in [9.17, 15) is 9.59 Å². The van der Waals surface area contributed by atoms with Gasteiger partial charge >= 0.3 is 6.09 Å². The monoisotopic (exact) mass is 192 g/mol. The molecule has 0 radical (unpaired) electrons. The van der Waals surface area contributed by atoms with Gasteiger partial charge in [-0.1, -0.05) is 18.2 Å². The Hall–Kier alpha value is -2.04. The third-order valence-corrected chi connectivity index (χ3v) is 1.99. The average molecular weight is 192 g/mol. The van der Waals surface area contributed by atoms with Crippen molar-refractivity contribution in [2.24, 2.45) is 5.73 Å². The zero-order valence-electron chi connectivity index (χ0n) is 7.27. The third kappa shape index (κ3) is 1.28. The van der Waals surface area contributed by atoms with Crippen LogP contribution in [-0.4, -0.2) is 17.1 Å². The van der Waals surface area contributed by atoms with Crippen molar-refractivity contribution in [3.05, 3.63) is 35.4 Å². The van der Waals surface area contributed by atoms with Crippen LogP contribution >= 0.6 is 0 Å². The molecular weight excluding hydrogens is 184 g/mol. The number of carbonyl (C=O) groups is 2. The Labute approximate surface area is 80.0 Å². The summed E-state index contributed by atoms with van der Waals surface area (Å²) in [5.41, 5.74) is 6.20. The Morgan fingerprint density at radius 1 is 1.43 bits per heavy atom. The molecular formula is C9H8N2O3. The second-order valence-electron chi connectivity index (χ2n) is 2.91. The third-order valence-electron chi connectivity index (χ3n) is 1.99. The lowest BCUT2D eigenvalue weighted by Crippen LogP contribution is -2.30. The molecule has 1 aromatic carbocycles. The summed E-state index contributed by atoms with van der Waals surface area (Å²) in [4.78, 5) is 26.5. The predicted molar refractivity (Wildman–Crippen MR) is 47.0 cm³/mol. The molecule has 1 heterocycles. The van der Waals surface area contributed by atoms with Gasteiger partial charge in [0.05, 0.1) is 6.54 Å². The molecule has 5 heteroatoms. The van der Waals surface area contributed by atoms with Crippen LogP contribution in [0.3, 0.4) is 0 Å². The highest BCUT2D eigenvalue weighted by molar-refractivity contribution is 5.98. The van der Waals surface area contributed by atoms with Crippen molar-refractivity contribution in [1.82, 2.24) is 5.06 Å². The lowest BCUT2D eigenvalue weighted by molar-refractivity contribution is -0.0660. The number of carbonyl (C=O) groups excluding carboxylic acids is 2. The van der Waals surface area contributed by atoms with Crippen LogP contribution < -0.4 is 5.73 Å². The molecule has 1 aromatic rings. The molecule has 1 aliphatic heterocycles. The number of rotatable bonds is 1. The van der Waals surface area contributed by atoms with Crippen molar-refractivity contribution in [2.45, 2.75) is 6.54 Å².